The van der Waals surface area contributed by atoms with E-state index in [0.29, 0.717) is 28.9 Å². The van der Waals surface area contributed by atoms with Gasteiger partial charge in [-0.2, -0.15) is 5.26 Å². The van der Waals surface area contributed by atoms with Crippen LogP contribution in [0.2, 0.25) is 5.02 Å². The number of aryl methyl sites for hydroxylation is 1. The van der Waals surface area contributed by atoms with E-state index >= 15 is 0 Å². The average molecular weight is 401 g/mol. The summed E-state index contributed by atoms with van der Waals surface area (Å²) in [7, 11) is 0. The van der Waals surface area contributed by atoms with Crippen molar-refractivity contribution in [1.82, 2.24) is 19.5 Å². The van der Waals surface area contributed by atoms with Crippen LogP contribution in [0.15, 0.2) is 29.3 Å². The van der Waals surface area contributed by atoms with Crippen LogP contribution in [0.25, 0.3) is 10.9 Å². The summed E-state index contributed by atoms with van der Waals surface area (Å²) >= 11 is 6.09. The van der Waals surface area contributed by atoms with Gasteiger partial charge >= 0.3 is 0 Å². The first-order valence-electron chi connectivity index (χ1n) is 8.51. The maximum Gasteiger partial charge on any atom is 0.263 e. The number of nitrogens with zero attached hydrogens (tertiary/aromatic N) is 5. The summed E-state index contributed by atoms with van der Waals surface area (Å²) in [5.41, 5.74) is 16.9. The minimum absolute atomic E-state index is 0.0828. The number of anilines is 2. The molecule has 6 N–H and O–H groups in total. The molecule has 2 heterocycles. The smallest absolute Gasteiger partial charge is 0.263 e. The summed E-state index contributed by atoms with van der Waals surface area (Å²) in [5, 5.41) is 9.31. The number of rotatable bonds is 3. The Hall–Kier alpha value is -3.22. The molecule has 1 unspecified atom stereocenters. The summed E-state index contributed by atoms with van der Waals surface area (Å²) in [4.78, 5) is 24.2. The molecule has 0 bridgehead atoms. The van der Waals surface area contributed by atoms with Crippen LogP contribution in [0, 0.1) is 11.3 Å². The summed E-state index contributed by atoms with van der Waals surface area (Å²) in [5.74, 6) is 0.984. The predicted octanol–water partition coefficient (Wildman–Crippen LogP) is 1.64. The normalized spacial score (nSPS) is 11.4. The number of halogens is 1. The standard InChI is InChI=1S/C13H16ClN3O.C5H5N5/c1-3-11-16-10-6-4-5-9(14)12(10)13(18)17(11)8(2)7-15;6-1-3-4(7)9-2-10-5(3)8/h4-6,8H,3,7,15H2,1-2H3;2H,(H4,7,8,9,10). The van der Waals surface area contributed by atoms with Crippen LogP contribution in [-0.4, -0.2) is 26.1 Å². The molecule has 0 aliphatic heterocycles. The van der Waals surface area contributed by atoms with Gasteiger partial charge in [-0.3, -0.25) is 9.36 Å². The number of aromatic nitrogens is 4. The summed E-state index contributed by atoms with van der Waals surface area (Å²) in [6, 6.07) is 7.01. The Kier molecular flexibility index (Phi) is 6.87. The van der Waals surface area contributed by atoms with Gasteiger partial charge in [-0.1, -0.05) is 24.6 Å². The lowest BCUT2D eigenvalue weighted by Gasteiger charge is -2.18. The van der Waals surface area contributed by atoms with Crippen molar-refractivity contribution in [3.63, 3.8) is 0 Å². The van der Waals surface area contributed by atoms with Crippen molar-refractivity contribution in [2.75, 3.05) is 18.0 Å². The third kappa shape index (κ3) is 4.19. The molecule has 28 heavy (non-hydrogen) atoms. The van der Waals surface area contributed by atoms with E-state index in [9.17, 15) is 4.79 Å². The Morgan fingerprint density at radius 1 is 1.29 bits per heavy atom. The fraction of sp³-hybridized carbons (Fsp3) is 0.278. The second-order valence-corrected chi connectivity index (χ2v) is 6.31. The SMILES string of the molecule is CCc1nc2cccc(Cl)c2c(=O)n1C(C)CN.N#Cc1c(N)ncnc1N. The highest BCUT2D eigenvalue weighted by Crippen LogP contribution is 2.20. The zero-order chi connectivity index (χ0) is 20.8. The van der Waals surface area contributed by atoms with Crippen LogP contribution < -0.4 is 22.8 Å². The van der Waals surface area contributed by atoms with Gasteiger partial charge in [-0.05, 0) is 19.1 Å². The summed E-state index contributed by atoms with van der Waals surface area (Å²) in [6.45, 7) is 4.27. The lowest BCUT2D eigenvalue weighted by molar-refractivity contribution is 0.512. The van der Waals surface area contributed by atoms with E-state index in [1.165, 1.54) is 6.33 Å². The highest BCUT2D eigenvalue weighted by atomic mass is 35.5. The molecule has 0 aliphatic carbocycles. The van der Waals surface area contributed by atoms with Gasteiger partial charge in [0.05, 0.1) is 15.9 Å². The van der Waals surface area contributed by atoms with Crippen LogP contribution >= 0.6 is 11.6 Å². The maximum absolute atomic E-state index is 12.5. The number of benzene rings is 1. The average Bonchev–Trinajstić information content (AvgIpc) is 2.67. The van der Waals surface area contributed by atoms with Gasteiger partial charge in [-0.15, -0.1) is 0 Å². The molecule has 10 heteroatoms. The number of hydrogen-bond donors (Lipinski definition) is 3. The zero-order valence-corrected chi connectivity index (χ0v) is 16.3. The van der Waals surface area contributed by atoms with Crippen LogP contribution in [0.4, 0.5) is 11.6 Å². The van der Waals surface area contributed by atoms with Crippen LogP contribution in [0.1, 0.15) is 31.3 Å². The first-order chi connectivity index (χ1) is 13.3. The van der Waals surface area contributed by atoms with Gasteiger partial charge in [0.2, 0.25) is 0 Å². The molecule has 0 radical (unpaired) electrons. The molecule has 0 saturated heterocycles. The molecule has 0 saturated carbocycles. The molecule has 1 aromatic carbocycles. The second kappa shape index (κ2) is 9.12. The second-order valence-electron chi connectivity index (χ2n) is 5.91. The molecule has 146 valence electrons. The molecular weight excluding hydrogens is 380 g/mol. The van der Waals surface area contributed by atoms with Crippen molar-refractivity contribution < 1.29 is 0 Å². The van der Waals surface area contributed by atoms with Gasteiger partial charge < -0.3 is 17.2 Å². The van der Waals surface area contributed by atoms with Crippen molar-refractivity contribution >= 4 is 34.1 Å². The molecule has 9 nitrogen and oxygen atoms in total. The van der Waals surface area contributed by atoms with E-state index in [1.807, 2.05) is 13.8 Å². The molecule has 3 aromatic rings. The Morgan fingerprint density at radius 2 is 1.93 bits per heavy atom. The van der Waals surface area contributed by atoms with E-state index in [1.54, 1.807) is 28.8 Å². The Labute approximate surface area is 166 Å². The van der Waals surface area contributed by atoms with E-state index < -0.39 is 0 Å². The summed E-state index contributed by atoms with van der Waals surface area (Å²) < 4.78 is 1.65. The Balaban J connectivity index is 0.000000237. The number of hydrogen-bond acceptors (Lipinski definition) is 8. The first kappa shape index (κ1) is 21.1. The van der Waals surface area contributed by atoms with E-state index in [4.69, 9.17) is 34.1 Å². The maximum atomic E-state index is 12.5. The molecule has 3 rings (SSSR count). The van der Waals surface area contributed by atoms with Crippen molar-refractivity contribution in [2.45, 2.75) is 26.3 Å². The minimum atomic E-state index is -0.111. The third-order valence-corrected chi connectivity index (χ3v) is 4.38. The van der Waals surface area contributed by atoms with Crippen LogP contribution in [0.3, 0.4) is 0 Å². The molecule has 2 aromatic heterocycles. The topological polar surface area (TPSA) is 163 Å². The van der Waals surface area contributed by atoms with Crippen molar-refractivity contribution in [3.8, 4) is 6.07 Å². The van der Waals surface area contributed by atoms with Gasteiger partial charge in [0.25, 0.3) is 5.56 Å². The van der Waals surface area contributed by atoms with E-state index in [2.05, 4.69) is 15.0 Å². The van der Waals surface area contributed by atoms with Crippen LogP contribution in [-0.2, 0) is 6.42 Å². The largest absolute Gasteiger partial charge is 0.382 e. The van der Waals surface area contributed by atoms with Crippen molar-refractivity contribution in [3.05, 3.63) is 51.3 Å². The highest BCUT2D eigenvalue weighted by molar-refractivity contribution is 6.35. The molecular formula is C18H21ClN8O. The quantitative estimate of drug-likeness (QED) is 0.597. The number of nitrogens with two attached hydrogens (primary N) is 3. The van der Waals surface area contributed by atoms with Gasteiger partial charge in [0.1, 0.15) is 35.4 Å². The molecule has 0 fully saturated rings. The molecule has 0 spiro atoms. The minimum Gasteiger partial charge on any atom is -0.382 e. The first-order valence-corrected chi connectivity index (χ1v) is 8.89. The fourth-order valence-electron chi connectivity index (χ4n) is 2.59. The van der Waals surface area contributed by atoms with Gasteiger partial charge in [-0.25, -0.2) is 15.0 Å². The lowest BCUT2D eigenvalue weighted by Crippen LogP contribution is -2.31. The predicted molar refractivity (Wildman–Crippen MR) is 110 cm³/mol. The van der Waals surface area contributed by atoms with E-state index in [-0.39, 0.29) is 28.8 Å². The van der Waals surface area contributed by atoms with E-state index in [0.717, 1.165) is 5.82 Å². The van der Waals surface area contributed by atoms with Gasteiger partial charge in [0, 0.05) is 19.0 Å². The van der Waals surface area contributed by atoms with Crippen molar-refractivity contribution in [2.24, 2.45) is 5.73 Å². The number of fused-ring (bicyclic) bond motifs is 1. The molecule has 1 atom stereocenters. The Morgan fingerprint density at radius 3 is 2.43 bits per heavy atom. The molecule has 0 amide bonds. The zero-order valence-electron chi connectivity index (χ0n) is 15.6. The lowest BCUT2D eigenvalue weighted by atomic mass is 10.2. The van der Waals surface area contributed by atoms with Gasteiger partial charge in [0.15, 0.2) is 0 Å². The third-order valence-electron chi connectivity index (χ3n) is 4.07. The molecule has 0 aliphatic rings. The highest BCUT2D eigenvalue weighted by Gasteiger charge is 2.15. The number of nitrogen functional groups attached to an aromatic ring is 2. The Bertz CT molecular complexity index is 1070. The number of nitriles is 1. The fourth-order valence-corrected chi connectivity index (χ4v) is 2.84. The summed E-state index contributed by atoms with van der Waals surface area (Å²) in [6.07, 6.45) is 1.90. The van der Waals surface area contributed by atoms with Crippen LogP contribution in [0.5, 0.6) is 0 Å². The monoisotopic (exact) mass is 400 g/mol. The van der Waals surface area contributed by atoms with Crippen molar-refractivity contribution in [1.29, 1.82) is 5.26 Å².